The number of hydrogen-bond donors (Lipinski definition) is 0. The maximum atomic E-state index is 13.1. The summed E-state index contributed by atoms with van der Waals surface area (Å²) in [5.74, 6) is 2.31. The molecule has 1 atom stereocenters. The van der Waals surface area contributed by atoms with Crippen molar-refractivity contribution >= 4 is 28.4 Å². The zero-order chi connectivity index (χ0) is 23.1. The molecule has 1 aliphatic heterocycles. The molecule has 4 aromatic rings. The third-order valence-corrected chi connectivity index (χ3v) is 7.40. The van der Waals surface area contributed by atoms with E-state index in [0.717, 1.165) is 60.8 Å². The topological polar surface area (TPSA) is 66.6 Å². The average molecular weight is 455 g/mol. The molecule has 2 aliphatic rings. The van der Waals surface area contributed by atoms with Crippen molar-refractivity contribution in [2.24, 2.45) is 5.92 Å². The van der Waals surface area contributed by atoms with Crippen molar-refractivity contribution in [3.63, 3.8) is 0 Å². The molecule has 34 heavy (non-hydrogen) atoms. The van der Waals surface area contributed by atoms with E-state index in [2.05, 4.69) is 61.7 Å². The van der Waals surface area contributed by atoms with E-state index in [1.165, 1.54) is 18.4 Å². The highest BCUT2D eigenvalue weighted by molar-refractivity contribution is 5.92. The summed E-state index contributed by atoms with van der Waals surface area (Å²) in [6.45, 7) is 4.39. The maximum absolute atomic E-state index is 13.1. The van der Waals surface area contributed by atoms with Crippen LogP contribution in [0.5, 0.6) is 0 Å². The van der Waals surface area contributed by atoms with Crippen LogP contribution in [0.15, 0.2) is 54.6 Å². The molecule has 174 valence electrons. The predicted octanol–water partition coefficient (Wildman–Crippen LogP) is 4.10. The molecule has 0 radical (unpaired) electrons. The first-order valence-corrected chi connectivity index (χ1v) is 12.4. The van der Waals surface area contributed by atoms with Gasteiger partial charge in [0.2, 0.25) is 11.9 Å². The number of anilines is 1. The molecule has 0 unspecified atom stereocenters. The summed E-state index contributed by atoms with van der Waals surface area (Å²) >= 11 is 0. The molecule has 1 saturated carbocycles. The Morgan fingerprint density at radius 1 is 0.971 bits per heavy atom. The SMILES string of the molecule is C[C@@H]1CN(c2nc3ccccc3c3nnc(Cc4ccccc4)n23)CCN1C(=O)C1CCCC1. The number of piperazine rings is 1. The first-order chi connectivity index (χ1) is 16.7. The molecule has 0 bridgehead atoms. The fourth-order valence-electron chi connectivity index (χ4n) is 5.60. The number of benzene rings is 2. The van der Waals surface area contributed by atoms with Crippen LogP contribution in [0.2, 0.25) is 0 Å². The van der Waals surface area contributed by atoms with Gasteiger partial charge < -0.3 is 9.80 Å². The summed E-state index contributed by atoms with van der Waals surface area (Å²) in [6, 6.07) is 18.6. The van der Waals surface area contributed by atoms with E-state index in [1.807, 2.05) is 24.3 Å². The lowest BCUT2D eigenvalue weighted by Gasteiger charge is -2.41. The second-order valence-electron chi connectivity index (χ2n) is 9.67. The van der Waals surface area contributed by atoms with E-state index >= 15 is 0 Å². The summed E-state index contributed by atoms with van der Waals surface area (Å²) < 4.78 is 2.12. The molecule has 1 amide bonds. The van der Waals surface area contributed by atoms with Crippen LogP contribution < -0.4 is 4.90 Å². The molecule has 7 nitrogen and oxygen atoms in total. The van der Waals surface area contributed by atoms with Gasteiger partial charge in [0.1, 0.15) is 5.82 Å². The zero-order valence-corrected chi connectivity index (χ0v) is 19.6. The molecular formula is C27H30N6O. The predicted molar refractivity (Wildman–Crippen MR) is 133 cm³/mol. The fourth-order valence-corrected chi connectivity index (χ4v) is 5.60. The number of nitrogens with zero attached hydrogens (tertiary/aromatic N) is 6. The van der Waals surface area contributed by atoms with Crippen molar-refractivity contribution in [2.45, 2.75) is 45.1 Å². The van der Waals surface area contributed by atoms with Gasteiger partial charge >= 0.3 is 0 Å². The monoisotopic (exact) mass is 454 g/mol. The van der Waals surface area contributed by atoms with E-state index in [0.29, 0.717) is 12.3 Å². The molecule has 3 heterocycles. The van der Waals surface area contributed by atoms with Gasteiger partial charge in [-0.25, -0.2) is 9.38 Å². The number of carbonyl (C=O) groups excluding carboxylic acids is 1. The van der Waals surface area contributed by atoms with Crippen LogP contribution in [0, 0.1) is 5.92 Å². The highest BCUT2D eigenvalue weighted by Crippen LogP contribution is 2.30. The Kier molecular flexibility index (Phi) is 5.40. The van der Waals surface area contributed by atoms with Crippen molar-refractivity contribution < 1.29 is 4.79 Å². The van der Waals surface area contributed by atoms with Crippen LogP contribution in [0.4, 0.5) is 5.95 Å². The quantitative estimate of drug-likeness (QED) is 0.465. The third kappa shape index (κ3) is 3.69. The van der Waals surface area contributed by atoms with Crippen molar-refractivity contribution in [1.82, 2.24) is 24.5 Å². The Morgan fingerprint density at radius 2 is 1.74 bits per heavy atom. The Balaban J connectivity index is 1.37. The standard InChI is InChI=1S/C27H30N6O/c1-19-18-31(15-16-32(19)26(34)21-11-5-6-12-21)27-28-23-14-8-7-13-22(23)25-30-29-24(33(25)27)17-20-9-3-2-4-10-20/h2-4,7-10,13-14,19,21H,5-6,11-12,15-18H2,1H3/t19-/m1/s1. The van der Waals surface area contributed by atoms with Crippen LogP contribution >= 0.6 is 0 Å². The normalized spacial score (nSPS) is 19.4. The van der Waals surface area contributed by atoms with E-state index < -0.39 is 0 Å². The summed E-state index contributed by atoms with van der Waals surface area (Å²) in [7, 11) is 0. The van der Waals surface area contributed by atoms with Crippen LogP contribution in [-0.4, -0.2) is 56.1 Å². The van der Waals surface area contributed by atoms with Crippen molar-refractivity contribution in [3.8, 4) is 0 Å². The van der Waals surface area contributed by atoms with E-state index in [4.69, 9.17) is 4.98 Å². The third-order valence-electron chi connectivity index (χ3n) is 7.40. The zero-order valence-electron chi connectivity index (χ0n) is 19.6. The fraction of sp³-hybridized carbons (Fsp3) is 0.407. The van der Waals surface area contributed by atoms with Crippen LogP contribution in [-0.2, 0) is 11.2 Å². The van der Waals surface area contributed by atoms with Gasteiger partial charge in [0.15, 0.2) is 5.65 Å². The van der Waals surface area contributed by atoms with Crippen LogP contribution in [0.25, 0.3) is 16.6 Å². The number of amides is 1. The van der Waals surface area contributed by atoms with Crippen LogP contribution in [0.1, 0.15) is 44.0 Å². The first kappa shape index (κ1) is 21.1. The minimum Gasteiger partial charge on any atom is -0.338 e. The van der Waals surface area contributed by atoms with Crippen molar-refractivity contribution in [2.75, 3.05) is 24.5 Å². The minimum absolute atomic E-state index is 0.138. The Bertz CT molecular complexity index is 1330. The summed E-state index contributed by atoms with van der Waals surface area (Å²) in [6.07, 6.45) is 5.14. The lowest BCUT2D eigenvalue weighted by atomic mass is 10.0. The van der Waals surface area contributed by atoms with Gasteiger partial charge in [0, 0.05) is 43.4 Å². The number of fused-ring (bicyclic) bond motifs is 3. The number of hydrogen-bond acceptors (Lipinski definition) is 5. The van der Waals surface area contributed by atoms with Gasteiger partial charge in [0.05, 0.1) is 5.52 Å². The maximum Gasteiger partial charge on any atom is 0.226 e. The number of aromatic nitrogens is 4. The lowest BCUT2D eigenvalue weighted by molar-refractivity contribution is -0.137. The average Bonchev–Trinajstić information content (AvgIpc) is 3.55. The van der Waals surface area contributed by atoms with Gasteiger partial charge in [0.25, 0.3) is 0 Å². The molecule has 2 fully saturated rings. The second-order valence-corrected chi connectivity index (χ2v) is 9.67. The molecule has 0 N–H and O–H groups in total. The highest BCUT2D eigenvalue weighted by Gasteiger charge is 2.34. The Labute approximate surface area is 199 Å². The van der Waals surface area contributed by atoms with Gasteiger partial charge in [-0.3, -0.25) is 4.79 Å². The number of para-hydroxylation sites is 1. The first-order valence-electron chi connectivity index (χ1n) is 12.4. The van der Waals surface area contributed by atoms with Gasteiger partial charge in [-0.05, 0) is 37.5 Å². The summed E-state index contributed by atoms with van der Waals surface area (Å²) in [5, 5.41) is 10.2. The number of carbonyl (C=O) groups is 1. The molecule has 1 saturated heterocycles. The largest absolute Gasteiger partial charge is 0.338 e. The number of rotatable bonds is 4. The van der Waals surface area contributed by atoms with Gasteiger partial charge in [-0.15, -0.1) is 10.2 Å². The molecule has 2 aromatic carbocycles. The van der Waals surface area contributed by atoms with Crippen LogP contribution in [0.3, 0.4) is 0 Å². The molecule has 7 heteroatoms. The molecule has 0 spiro atoms. The minimum atomic E-state index is 0.138. The summed E-state index contributed by atoms with van der Waals surface area (Å²) in [5.41, 5.74) is 2.95. The Morgan fingerprint density at radius 3 is 2.53 bits per heavy atom. The van der Waals surface area contributed by atoms with Crippen molar-refractivity contribution in [1.29, 1.82) is 0 Å². The van der Waals surface area contributed by atoms with E-state index in [1.54, 1.807) is 0 Å². The summed E-state index contributed by atoms with van der Waals surface area (Å²) in [4.78, 5) is 22.6. The van der Waals surface area contributed by atoms with Crippen molar-refractivity contribution in [3.05, 3.63) is 66.0 Å². The smallest absolute Gasteiger partial charge is 0.226 e. The lowest BCUT2D eigenvalue weighted by Crippen LogP contribution is -2.55. The van der Waals surface area contributed by atoms with E-state index in [9.17, 15) is 4.79 Å². The second kappa shape index (κ2) is 8.70. The Hall–Kier alpha value is -3.48. The molecule has 6 rings (SSSR count). The van der Waals surface area contributed by atoms with Gasteiger partial charge in [-0.1, -0.05) is 55.3 Å². The molecule has 1 aliphatic carbocycles. The van der Waals surface area contributed by atoms with E-state index in [-0.39, 0.29) is 12.0 Å². The molecule has 2 aromatic heterocycles. The highest BCUT2D eigenvalue weighted by atomic mass is 16.2. The van der Waals surface area contributed by atoms with Gasteiger partial charge in [-0.2, -0.15) is 0 Å². The molecular weight excluding hydrogens is 424 g/mol.